The number of hydrogen-bond donors (Lipinski definition) is 2. The van der Waals surface area contributed by atoms with Gasteiger partial charge >= 0.3 is 6.03 Å². The molecule has 0 unspecified atom stereocenters. The van der Waals surface area contributed by atoms with Crippen LogP contribution in [0.2, 0.25) is 0 Å². The standard InChI is InChI=1S/C16H19N5O2/c1-3-6-12-9-14(20(2)18-12)17-16(23)19-21-10-11-7-4-5-8-13(11)15(21)22/h4-5,7-9H,3,6,10H2,1-2H3,(H2,17,19,23). The number of urea groups is 1. The van der Waals surface area contributed by atoms with Crippen molar-refractivity contribution in [2.75, 3.05) is 5.32 Å². The fourth-order valence-electron chi connectivity index (χ4n) is 2.63. The second-order valence-electron chi connectivity index (χ2n) is 5.51. The fourth-order valence-corrected chi connectivity index (χ4v) is 2.63. The first-order valence-corrected chi connectivity index (χ1v) is 7.59. The molecule has 0 saturated heterocycles. The molecule has 2 N–H and O–H groups in total. The third-order valence-corrected chi connectivity index (χ3v) is 3.74. The van der Waals surface area contributed by atoms with Crippen molar-refractivity contribution < 1.29 is 9.59 Å². The molecule has 0 fully saturated rings. The molecule has 0 spiro atoms. The van der Waals surface area contributed by atoms with E-state index in [4.69, 9.17) is 0 Å². The monoisotopic (exact) mass is 313 g/mol. The van der Waals surface area contributed by atoms with E-state index in [0.29, 0.717) is 17.9 Å². The molecule has 0 bridgehead atoms. The van der Waals surface area contributed by atoms with Crippen LogP contribution in [-0.2, 0) is 20.0 Å². The van der Waals surface area contributed by atoms with Crippen LogP contribution in [0.5, 0.6) is 0 Å². The highest BCUT2D eigenvalue weighted by molar-refractivity contribution is 6.00. The van der Waals surface area contributed by atoms with Crippen LogP contribution in [0.4, 0.5) is 10.6 Å². The highest BCUT2D eigenvalue weighted by Crippen LogP contribution is 2.20. The number of aromatic nitrogens is 2. The SMILES string of the molecule is CCCc1cc(NC(=O)NN2Cc3ccccc3C2=O)n(C)n1. The third kappa shape index (κ3) is 3.03. The number of amides is 3. The number of anilines is 1. The second-order valence-corrected chi connectivity index (χ2v) is 5.51. The summed E-state index contributed by atoms with van der Waals surface area (Å²) in [6.45, 7) is 2.44. The molecule has 2 aromatic rings. The first-order valence-electron chi connectivity index (χ1n) is 7.59. The average Bonchev–Trinajstić information content (AvgIpc) is 3.01. The Kier molecular flexibility index (Phi) is 4.01. The number of hydrogen-bond acceptors (Lipinski definition) is 3. The number of carbonyl (C=O) groups excluding carboxylic acids is 2. The molecule has 0 aliphatic carbocycles. The van der Waals surface area contributed by atoms with Crippen LogP contribution >= 0.6 is 0 Å². The van der Waals surface area contributed by atoms with E-state index in [2.05, 4.69) is 22.8 Å². The van der Waals surface area contributed by atoms with Crippen LogP contribution in [-0.4, -0.2) is 26.7 Å². The summed E-state index contributed by atoms with van der Waals surface area (Å²) < 4.78 is 1.62. The molecule has 0 saturated carbocycles. The minimum absolute atomic E-state index is 0.201. The number of benzene rings is 1. The number of fused-ring (bicyclic) bond motifs is 1. The first kappa shape index (κ1) is 15.1. The molecule has 120 valence electrons. The second kappa shape index (κ2) is 6.12. The Balaban J connectivity index is 1.64. The number of aryl methyl sites for hydroxylation is 2. The predicted octanol–water partition coefficient (Wildman–Crippen LogP) is 2.07. The molecule has 2 heterocycles. The highest BCUT2D eigenvalue weighted by Gasteiger charge is 2.28. The Labute approximate surface area is 134 Å². The zero-order valence-electron chi connectivity index (χ0n) is 13.2. The predicted molar refractivity (Wildman–Crippen MR) is 85.7 cm³/mol. The van der Waals surface area contributed by atoms with Crippen LogP contribution < -0.4 is 10.7 Å². The molecule has 7 heteroatoms. The van der Waals surface area contributed by atoms with Gasteiger partial charge in [-0.05, 0) is 18.1 Å². The maximum absolute atomic E-state index is 12.2. The lowest BCUT2D eigenvalue weighted by atomic mass is 10.1. The molecule has 1 aromatic carbocycles. The third-order valence-electron chi connectivity index (χ3n) is 3.74. The van der Waals surface area contributed by atoms with Gasteiger partial charge in [0.25, 0.3) is 5.91 Å². The Bertz CT molecular complexity index is 753. The van der Waals surface area contributed by atoms with Gasteiger partial charge in [-0.15, -0.1) is 0 Å². The van der Waals surface area contributed by atoms with E-state index in [-0.39, 0.29) is 5.91 Å². The van der Waals surface area contributed by atoms with E-state index in [1.165, 1.54) is 5.01 Å². The molecule has 1 aliphatic rings. The summed E-state index contributed by atoms with van der Waals surface area (Å²) in [5.74, 6) is 0.391. The lowest BCUT2D eigenvalue weighted by molar-refractivity contribution is 0.0713. The number of nitrogens with zero attached hydrogens (tertiary/aromatic N) is 3. The van der Waals surface area contributed by atoms with Crippen molar-refractivity contribution in [3.05, 3.63) is 47.2 Å². The number of hydrazine groups is 1. The Morgan fingerprint density at radius 2 is 2.13 bits per heavy atom. The van der Waals surface area contributed by atoms with E-state index < -0.39 is 6.03 Å². The fraction of sp³-hybridized carbons (Fsp3) is 0.312. The van der Waals surface area contributed by atoms with Gasteiger partial charge in [0.05, 0.1) is 12.2 Å². The first-order chi connectivity index (χ1) is 11.1. The van der Waals surface area contributed by atoms with Crippen molar-refractivity contribution in [3.63, 3.8) is 0 Å². The van der Waals surface area contributed by atoms with E-state index in [1.54, 1.807) is 17.8 Å². The van der Waals surface area contributed by atoms with Crippen LogP contribution in [0.3, 0.4) is 0 Å². The van der Waals surface area contributed by atoms with E-state index in [1.807, 2.05) is 24.3 Å². The largest absolute Gasteiger partial charge is 0.339 e. The summed E-state index contributed by atoms with van der Waals surface area (Å²) >= 11 is 0. The van der Waals surface area contributed by atoms with E-state index >= 15 is 0 Å². The zero-order chi connectivity index (χ0) is 16.4. The van der Waals surface area contributed by atoms with Crippen molar-refractivity contribution >= 4 is 17.8 Å². The molecular formula is C16H19N5O2. The van der Waals surface area contributed by atoms with Crippen molar-refractivity contribution in [2.24, 2.45) is 7.05 Å². The molecular weight excluding hydrogens is 294 g/mol. The normalized spacial score (nSPS) is 13.1. The maximum atomic E-state index is 12.2. The number of nitrogens with one attached hydrogen (secondary N) is 2. The van der Waals surface area contributed by atoms with E-state index in [0.717, 1.165) is 24.1 Å². The Morgan fingerprint density at radius 3 is 2.87 bits per heavy atom. The van der Waals surface area contributed by atoms with Gasteiger partial charge in [-0.2, -0.15) is 5.10 Å². The number of carbonyl (C=O) groups is 2. The summed E-state index contributed by atoms with van der Waals surface area (Å²) in [5, 5.41) is 8.35. The lowest BCUT2D eigenvalue weighted by Gasteiger charge is -2.17. The van der Waals surface area contributed by atoms with Gasteiger partial charge in [0.2, 0.25) is 0 Å². The van der Waals surface area contributed by atoms with Crippen molar-refractivity contribution in [1.82, 2.24) is 20.2 Å². The van der Waals surface area contributed by atoms with Gasteiger partial charge in [0.1, 0.15) is 5.82 Å². The highest BCUT2D eigenvalue weighted by atomic mass is 16.2. The molecule has 1 aromatic heterocycles. The molecule has 0 atom stereocenters. The summed E-state index contributed by atoms with van der Waals surface area (Å²) in [7, 11) is 1.77. The van der Waals surface area contributed by atoms with Gasteiger partial charge in [-0.25, -0.2) is 15.2 Å². The van der Waals surface area contributed by atoms with Crippen molar-refractivity contribution in [1.29, 1.82) is 0 Å². The van der Waals surface area contributed by atoms with Crippen LogP contribution in [0, 0.1) is 0 Å². The minimum Gasteiger partial charge on any atom is -0.291 e. The quantitative estimate of drug-likeness (QED) is 0.907. The topological polar surface area (TPSA) is 79.3 Å². The number of rotatable bonds is 4. The molecule has 3 amide bonds. The Morgan fingerprint density at radius 1 is 1.35 bits per heavy atom. The van der Waals surface area contributed by atoms with E-state index in [9.17, 15) is 9.59 Å². The lowest BCUT2D eigenvalue weighted by Crippen LogP contribution is -2.44. The summed E-state index contributed by atoms with van der Waals surface area (Å²) in [5.41, 5.74) is 5.04. The zero-order valence-corrected chi connectivity index (χ0v) is 13.2. The van der Waals surface area contributed by atoms with Gasteiger partial charge in [0.15, 0.2) is 0 Å². The van der Waals surface area contributed by atoms with Gasteiger partial charge in [-0.3, -0.25) is 14.8 Å². The van der Waals surface area contributed by atoms with Crippen molar-refractivity contribution in [3.8, 4) is 0 Å². The van der Waals surface area contributed by atoms with Gasteiger partial charge < -0.3 is 0 Å². The molecule has 23 heavy (non-hydrogen) atoms. The molecule has 7 nitrogen and oxygen atoms in total. The molecule has 0 radical (unpaired) electrons. The summed E-state index contributed by atoms with van der Waals surface area (Å²) in [4.78, 5) is 24.3. The average molecular weight is 313 g/mol. The van der Waals surface area contributed by atoms with Crippen molar-refractivity contribution in [2.45, 2.75) is 26.3 Å². The summed E-state index contributed by atoms with van der Waals surface area (Å²) in [6, 6.07) is 8.70. The van der Waals surface area contributed by atoms with Gasteiger partial charge in [-0.1, -0.05) is 31.5 Å². The van der Waals surface area contributed by atoms with Crippen LogP contribution in [0.1, 0.15) is 35.0 Å². The maximum Gasteiger partial charge on any atom is 0.339 e. The molecule has 3 rings (SSSR count). The summed E-state index contributed by atoms with van der Waals surface area (Å²) in [6.07, 6.45) is 1.85. The van der Waals surface area contributed by atoms with Crippen LogP contribution in [0.25, 0.3) is 0 Å². The smallest absolute Gasteiger partial charge is 0.291 e. The Hall–Kier alpha value is -2.83. The molecule has 1 aliphatic heterocycles. The van der Waals surface area contributed by atoms with Crippen LogP contribution in [0.15, 0.2) is 30.3 Å². The van der Waals surface area contributed by atoms with Gasteiger partial charge in [0, 0.05) is 18.7 Å². The minimum atomic E-state index is -0.461.